The lowest BCUT2D eigenvalue weighted by Crippen LogP contribution is -2.49. The minimum atomic E-state index is 0.260. The first-order valence-corrected chi connectivity index (χ1v) is 5.63. The van der Waals surface area contributed by atoms with Crippen molar-refractivity contribution in [2.24, 2.45) is 11.7 Å². The molecule has 1 rings (SSSR count). The molecule has 3 atom stereocenters. The number of hydrogen-bond donors (Lipinski definition) is 1. The van der Waals surface area contributed by atoms with E-state index in [1.165, 1.54) is 19.4 Å². The van der Waals surface area contributed by atoms with Crippen molar-refractivity contribution in [3.8, 4) is 0 Å². The van der Waals surface area contributed by atoms with Crippen LogP contribution in [0.2, 0.25) is 0 Å². The fourth-order valence-corrected chi connectivity index (χ4v) is 2.17. The third-order valence-electron chi connectivity index (χ3n) is 3.29. The zero-order chi connectivity index (χ0) is 10.6. The number of hydrogen-bond acceptors (Lipinski definition) is 3. The highest BCUT2D eigenvalue weighted by Crippen LogP contribution is 2.19. The van der Waals surface area contributed by atoms with Crippen LogP contribution in [0.25, 0.3) is 0 Å². The van der Waals surface area contributed by atoms with Crippen LogP contribution in [0.1, 0.15) is 26.7 Å². The smallest absolute Gasteiger partial charge is 0.0502 e. The molecule has 0 bridgehead atoms. The molecule has 1 heterocycles. The maximum Gasteiger partial charge on any atom is 0.0502 e. The van der Waals surface area contributed by atoms with Gasteiger partial charge in [0.25, 0.3) is 0 Å². The third-order valence-corrected chi connectivity index (χ3v) is 3.29. The van der Waals surface area contributed by atoms with Crippen LogP contribution < -0.4 is 5.73 Å². The van der Waals surface area contributed by atoms with E-state index in [9.17, 15) is 0 Å². The summed E-state index contributed by atoms with van der Waals surface area (Å²) in [7, 11) is 1.79. The Morgan fingerprint density at radius 1 is 1.50 bits per heavy atom. The van der Waals surface area contributed by atoms with Gasteiger partial charge in [0.2, 0.25) is 0 Å². The van der Waals surface area contributed by atoms with E-state index in [0.29, 0.717) is 12.0 Å². The van der Waals surface area contributed by atoms with E-state index in [4.69, 9.17) is 10.5 Å². The Kier molecular flexibility index (Phi) is 4.85. The van der Waals surface area contributed by atoms with Crippen molar-refractivity contribution in [2.45, 2.75) is 38.8 Å². The molecule has 3 nitrogen and oxygen atoms in total. The van der Waals surface area contributed by atoms with E-state index in [2.05, 4.69) is 18.7 Å². The molecule has 0 spiro atoms. The molecule has 1 aliphatic rings. The van der Waals surface area contributed by atoms with E-state index < -0.39 is 0 Å². The lowest BCUT2D eigenvalue weighted by molar-refractivity contribution is 0.0672. The van der Waals surface area contributed by atoms with E-state index in [1.54, 1.807) is 7.11 Å². The van der Waals surface area contributed by atoms with Crippen molar-refractivity contribution < 1.29 is 4.74 Å². The van der Waals surface area contributed by atoms with Crippen molar-refractivity contribution in [1.29, 1.82) is 0 Å². The van der Waals surface area contributed by atoms with E-state index in [1.807, 2.05) is 0 Å². The quantitative estimate of drug-likeness (QED) is 0.738. The van der Waals surface area contributed by atoms with Gasteiger partial charge in [-0.1, -0.05) is 0 Å². The Hall–Kier alpha value is -0.120. The first-order chi connectivity index (χ1) is 6.65. The van der Waals surface area contributed by atoms with E-state index in [0.717, 1.165) is 13.2 Å². The molecule has 0 saturated carbocycles. The molecule has 0 aliphatic carbocycles. The van der Waals surface area contributed by atoms with Gasteiger partial charge in [0, 0.05) is 25.7 Å². The van der Waals surface area contributed by atoms with Crippen LogP contribution in [-0.2, 0) is 4.74 Å². The molecule has 84 valence electrons. The molecule has 3 heteroatoms. The third kappa shape index (κ3) is 3.23. The van der Waals surface area contributed by atoms with Gasteiger partial charge in [0.05, 0.1) is 6.61 Å². The van der Waals surface area contributed by atoms with E-state index >= 15 is 0 Å². The largest absolute Gasteiger partial charge is 0.384 e. The second-order valence-electron chi connectivity index (χ2n) is 4.56. The maximum atomic E-state index is 5.91. The summed E-state index contributed by atoms with van der Waals surface area (Å²) >= 11 is 0. The fraction of sp³-hybridized carbons (Fsp3) is 1.00. The second kappa shape index (κ2) is 5.69. The molecule has 0 aromatic rings. The molecule has 1 fully saturated rings. The van der Waals surface area contributed by atoms with Gasteiger partial charge >= 0.3 is 0 Å². The van der Waals surface area contributed by atoms with Gasteiger partial charge in [-0.05, 0) is 39.2 Å². The van der Waals surface area contributed by atoms with Crippen LogP contribution in [0.4, 0.5) is 0 Å². The molecular weight excluding hydrogens is 176 g/mol. The molecule has 3 unspecified atom stereocenters. The summed E-state index contributed by atoms with van der Waals surface area (Å²) in [4.78, 5) is 2.50. The van der Waals surface area contributed by atoms with Gasteiger partial charge in [-0.15, -0.1) is 0 Å². The molecule has 0 aromatic heterocycles. The summed E-state index contributed by atoms with van der Waals surface area (Å²) in [5.74, 6) is 0.704. The first-order valence-electron chi connectivity index (χ1n) is 5.63. The van der Waals surface area contributed by atoms with Crippen LogP contribution in [0.5, 0.6) is 0 Å². The zero-order valence-corrected chi connectivity index (χ0v) is 9.70. The van der Waals surface area contributed by atoms with Gasteiger partial charge in [-0.2, -0.15) is 0 Å². The predicted octanol–water partition coefficient (Wildman–Crippen LogP) is 1.08. The highest BCUT2D eigenvalue weighted by atomic mass is 16.5. The number of methoxy groups -OCH3 is 1. The number of nitrogens with two attached hydrogens (primary N) is 1. The molecule has 2 N–H and O–H groups in total. The normalized spacial score (nSPS) is 28.7. The van der Waals surface area contributed by atoms with Crippen LogP contribution >= 0.6 is 0 Å². The number of likely N-dealkylation sites (tertiary alicyclic amines) is 1. The summed E-state index contributed by atoms with van der Waals surface area (Å²) in [6.07, 6.45) is 2.58. The van der Waals surface area contributed by atoms with Crippen LogP contribution in [0, 0.1) is 5.92 Å². The fourth-order valence-electron chi connectivity index (χ4n) is 2.17. The minimum absolute atomic E-state index is 0.260. The molecule has 14 heavy (non-hydrogen) atoms. The minimum Gasteiger partial charge on any atom is -0.384 e. The number of piperidine rings is 1. The second-order valence-corrected chi connectivity index (χ2v) is 4.56. The van der Waals surface area contributed by atoms with Crippen LogP contribution in [-0.4, -0.2) is 43.8 Å². The molecule has 0 amide bonds. The summed E-state index contributed by atoms with van der Waals surface area (Å²) in [6.45, 7) is 7.55. The Bertz CT molecular complexity index is 159. The van der Waals surface area contributed by atoms with Crippen LogP contribution in [0.15, 0.2) is 0 Å². The monoisotopic (exact) mass is 200 g/mol. The first kappa shape index (κ1) is 12.0. The summed E-state index contributed by atoms with van der Waals surface area (Å²) in [6, 6.07) is 0.756. The number of nitrogens with zero attached hydrogens (tertiary/aromatic N) is 1. The standard InChI is InChI=1S/C11H24N2O/c1-9(12)10(2)13-6-4-5-11(7-13)8-14-3/h9-11H,4-8,12H2,1-3H3. The Balaban J connectivity index is 2.39. The van der Waals surface area contributed by atoms with Gasteiger partial charge in [0.1, 0.15) is 0 Å². The summed E-state index contributed by atoms with van der Waals surface area (Å²) < 4.78 is 5.21. The van der Waals surface area contributed by atoms with Gasteiger partial charge in [-0.25, -0.2) is 0 Å². The lowest BCUT2D eigenvalue weighted by atomic mass is 9.96. The van der Waals surface area contributed by atoms with Crippen molar-refractivity contribution in [2.75, 3.05) is 26.8 Å². The van der Waals surface area contributed by atoms with Crippen LogP contribution in [0.3, 0.4) is 0 Å². The van der Waals surface area contributed by atoms with Gasteiger partial charge in [-0.3, -0.25) is 4.90 Å². The molecule has 0 radical (unpaired) electrons. The summed E-state index contributed by atoms with van der Waals surface area (Å²) in [5, 5.41) is 0. The molecule has 1 aliphatic heterocycles. The average Bonchev–Trinajstić information content (AvgIpc) is 2.17. The topological polar surface area (TPSA) is 38.5 Å². The highest BCUT2D eigenvalue weighted by Gasteiger charge is 2.24. The molecular formula is C11H24N2O. The van der Waals surface area contributed by atoms with E-state index in [-0.39, 0.29) is 6.04 Å². The summed E-state index contributed by atoms with van der Waals surface area (Å²) in [5.41, 5.74) is 5.91. The van der Waals surface area contributed by atoms with Gasteiger partial charge in [0.15, 0.2) is 0 Å². The van der Waals surface area contributed by atoms with Crippen molar-refractivity contribution >= 4 is 0 Å². The van der Waals surface area contributed by atoms with Crippen molar-refractivity contribution in [3.05, 3.63) is 0 Å². The Morgan fingerprint density at radius 2 is 2.21 bits per heavy atom. The molecule has 1 saturated heterocycles. The maximum absolute atomic E-state index is 5.91. The lowest BCUT2D eigenvalue weighted by Gasteiger charge is -2.38. The Morgan fingerprint density at radius 3 is 2.79 bits per heavy atom. The number of ether oxygens (including phenoxy) is 1. The predicted molar refractivity (Wildman–Crippen MR) is 59.3 cm³/mol. The highest BCUT2D eigenvalue weighted by molar-refractivity contribution is 4.80. The van der Waals surface area contributed by atoms with Gasteiger partial charge < -0.3 is 10.5 Å². The average molecular weight is 200 g/mol. The van der Waals surface area contributed by atoms with Crippen molar-refractivity contribution in [1.82, 2.24) is 4.90 Å². The zero-order valence-electron chi connectivity index (χ0n) is 9.70. The SMILES string of the molecule is COCC1CCCN(C(C)C(C)N)C1. The Labute approximate surface area is 87.6 Å². The molecule has 0 aromatic carbocycles. The van der Waals surface area contributed by atoms with Crippen molar-refractivity contribution in [3.63, 3.8) is 0 Å². The number of rotatable bonds is 4.